The molecule has 92 valence electrons. The van der Waals surface area contributed by atoms with Crippen LogP contribution in [0.5, 0.6) is 0 Å². The molecule has 0 aliphatic heterocycles. The second kappa shape index (κ2) is 6.25. The molecule has 0 N–H and O–H groups in total. The zero-order chi connectivity index (χ0) is 12.8. The Balaban J connectivity index is 3.02. The summed E-state index contributed by atoms with van der Waals surface area (Å²) >= 11 is 5.99. The van der Waals surface area contributed by atoms with E-state index in [2.05, 4.69) is 9.47 Å². The third kappa shape index (κ3) is 3.46. The van der Waals surface area contributed by atoms with Crippen LogP contribution in [0, 0.1) is 0 Å². The third-order valence-corrected chi connectivity index (χ3v) is 2.71. The Hall–Kier alpha value is -1.55. The SMILES string of the molecule is COC(=O)CC(C(=O)OC)c1ccccc1Cl. The summed E-state index contributed by atoms with van der Waals surface area (Å²) in [5.41, 5.74) is 0.561. The Bertz CT molecular complexity index is 417. The van der Waals surface area contributed by atoms with E-state index in [-0.39, 0.29) is 6.42 Å². The lowest BCUT2D eigenvalue weighted by Gasteiger charge is -2.14. The summed E-state index contributed by atoms with van der Waals surface area (Å²) in [4.78, 5) is 22.9. The maximum Gasteiger partial charge on any atom is 0.313 e. The highest BCUT2D eigenvalue weighted by molar-refractivity contribution is 6.31. The monoisotopic (exact) mass is 256 g/mol. The summed E-state index contributed by atoms with van der Waals surface area (Å²) in [6.07, 6.45) is -0.0904. The number of hydrogen-bond acceptors (Lipinski definition) is 4. The predicted molar refractivity (Wildman–Crippen MR) is 62.8 cm³/mol. The molecule has 1 aromatic carbocycles. The number of halogens is 1. The van der Waals surface area contributed by atoms with E-state index in [1.54, 1.807) is 24.3 Å². The molecule has 0 radical (unpaired) electrons. The van der Waals surface area contributed by atoms with Gasteiger partial charge in [-0.15, -0.1) is 0 Å². The fourth-order valence-corrected chi connectivity index (χ4v) is 1.74. The average Bonchev–Trinajstić information content (AvgIpc) is 2.35. The van der Waals surface area contributed by atoms with E-state index in [0.717, 1.165) is 0 Å². The van der Waals surface area contributed by atoms with Crippen molar-refractivity contribution in [2.24, 2.45) is 0 Å². The first kappa shape index (κ1) is 13.5. The minimum atomic E-state index is -0.735. The molecule has 4 nitrogen and oxygen atoms in total. The largest absolute Gasteiger partial charge is 0.469 e. The summed E-state index contributed by atoms with van der Waals surface area (Å²) in [5, 5.41) is 0.423. The van der Waals surface area contributed by atoms with Crippen LogP contribution in [-0.2, 0) is 19.1 Å². The van der Waals surface area contributed by atoms with Crippen LogP contribution in [0.25, 0.3) is 0 Å². The van der Waals surface area contributed by atoms with E-state index in [1.165, 1.54) is 14.2 Å². The van der Waals surface area contributed by atoms with Crippen molar-refractivity contribution in [1.82, 2.24) is 0 Å². The van der Waals surface area contributed by atoms with Gasteiger partial charge in [-0.3, -0.25) is 9.59 Å². The predicted octanol–water partition coefficient (Wildman–Crippen LogP) is 2.16. The fraction of sp³-hybridized carbons (Fsp3) is 0.333. The molecule has 0 fully saturated rings. The number of carbonyl (C=O) groups is 2. The van der Waals surface area contributed by atoms with Crippen LogP contribution in [0.2, 0.25) is 5.02 Å². The van der Waals surface area contributed by atoms with Gasteiger partial charge in [-0.25, -0.2) is 0 Å². The summed E-state index contributed by atoms with van der Waals surface area (Å²) in [6.45, 7) is 0. The quantitative estimate of drug-likeness (QED) is 0.775. The topological polar surface area (TPSA) is 52.6 Å². The third-order valence-electron chi connectivity index (χ3n) is 2.36. The van der Waals surface area contributed by atoms with E-state index >= 15 is 0 Å². The molecular formula is C12H13ClO4. The number of rotatable bonds is 4. The van der Waals surface area contributed by atoms with Gasteiger partial charge in [0.15, 0.2) is 0 Å². The lowest BCUT2D eigenvalue weighted by Crippen LogP contribution is -2.19. The molecule has 17 heavy (non-hydrogen) atoms. The first-order valence-electron chi connectivity index (χ1n) is 4.99. The van der Waals surface area contributed by atoms with Gasteiger partial charge in [0.25, 0.3) is 0 Å². The Labute approximate surface area is 104 Å². The number of hydrogen-bond donors (Lipinski definition) is 0. The smallest absolute Gasteiger partial charge is 0.313 e. The van der Waals surface area contributed by atoms with E-state index in [9.17, 15) is 9.59 Å². The summed E-state index contributed by atoms with van der Waals surface area (Å²) in [6, 6.07) is 6.84. The minimum absolute atomic E-state index is 0.0904. The van der Waals surface area contributed by atoms with Crippen LogP contribution in [0.4, 0.5) is 0 Å². The van der Waals surface area contributed by atoms with Gasteiger partial charge in [0.2, 0.25) is 0 Å². The molecule has 0 aliphatic carbocycles. The summed E-state index contributed by atoms with van der Waals surface area (Å²) in [5.74, 6) is -1.73. The Kier molecular flexibility index (Phi) is 4.97. The highest BCUT2D eigenvalue weighted by Gasteiger charge is 2.26. The van der Waals surface area contributed by atoms with E-state index in [0.29, 0.717) is 10.6 Å². The van der Waals surface area contributed by atoms with Crippen molar-refractivity contribution in [3.63, 3.8) is 0 Å². The van der Waals surface area contributed by atoms with Crippen LogP contribution < -0.4 is 0 Å². The maximum atomic E-state index is 11.6. The van der Waals surface area contributed by atoms with Gasteiger partial charge in [0, 0.05) is 5.02 Å². The van der Waals surface area contributed by atoms with Crippen LogP contribution >= 0.6 is 11.6 Å². The Morgan fingerprint density at radius 3 is 2.41 bits per heavy atom. The number of esters is 2. The molecule has 1 rings (SSSR count). The molecular weight excluding hydrogens is 244 g/mol. The fourth-order valence-electron chi connectivity index (χ4n) is 1.47. The van der Waals surface area contributed by atoms with Crippen LogP contribution in [0.1, 0.15) is 17.9 Å². The lowest BCUT2D eigenvalue weighted by molar-refractivity contribution is -0.149. The zero-order valence-electron chi connectivity index (χ0n) is 9.60. The molecule has 0 bridgehead atoms. The number of carbonyl (C=O) groups excluding carboxylic acids is 2. The second-order valence-corrected chi connectivity index (χ2v) is 3.78. The van der Waals surface area contributed by atoms with Crippen molar-refractivity contribution in [3.8, 4) is 0 Å². The van der Waals surface area contributed by atoms with Gasteiger partial charge in [-0.1, -0.05) is 29.8 Å². The summed E-state index contributed by atoms with van der Waals surface area (Å²) < 4.78 is 9.21. The standard InChI is InChI=1S/C12H13ClO4/c1-16-11(14)7-9(12(15)17-2)8-5-3-4-6-10(8)13/h3-6,9H,7H2,1-2H3. The minimum Gasteiger partial charge on any atom is -0.469 e. The molecule has 0 saturated carbocycles. The zero-order valence-corrected chi connectivity index (χ0v) is 10.4. The molecule has 0 aliphatic rings. The lowest BCUT2D eigenvalue weighted by atomic mass is 9.96. The van der Waals surface area contributed by atoms with Gasteiger partial charge in [0.05, 0.1) is 26.6 Å². The first-order chi connectivity index (χ1) is 8.10. The normalized spacial score (nSPS) is 11.7. The molecule has 1 atom stereocenters. The molecule has 0 heterocycles. The van der Waals surface area contributed by atoms with E-state index in [1.807, 2.05) is 0 Å². The van der Waals surface area contributed by atoms with Crippen molar-refractivity contribution in [3.05, 3.63) is 34.9 Å². The van der Waals surface area contributed by atoms with Crippen molar-refractivity contribution in [2.45, 2.75) is 12.3 Å². The number of ether oxygens (including phenoxy) is 2. The molecule has 0 saturated heterocycles. The molecule has 1 aromatic rings. The summed E-state index contributed by atoms with van der Waals surface area (Å²) in [7, 11) is 2.53. The van der Waals surface area contributed by atoms with Gasteiger partial charge in [0.1, 0.15) is 0 Å². The van der Waals surface area contributed by atoms with Gasteiger partial charge < -0.3 is 9.47 Å². The van der Waals surface area contributed by atoms with Crippen LogP contribution in [-0.4, -0.2) is 26.2 Å². The number of methoxy groups -OCH3 is 2. The van der Waals surface area contributed by atoms with Gasteiger partial charge in [-0.2, -0.15) is 0 Å². The highest BCUT2D eigenvalue weighted by atomic mass is 35.5. The van der Waals surface area contributed by atoms with Crippen molar-refractivity contribution in [2.75, 3.05) is 14.2 Å². The van der Waals surface area contributed by atoms with Crippen LogP contribution in [0.15, 0.2) is 24.3 Å². The van der Waals surface area contributed by atoms with E-state index in [4.69, 9.17) is 11.6 Å². The maximum absolute atomic E-state index is 11.6. The van der Waals surface area contributed by atoms with E-state index < -0.39 is 17.9 Å². The molecule has 0 aromatic heterocycles. The molecule has 0 amide bonds. The molecule has 5 heteroatoms. The van der Waals surface area contributed by atoms with Crippen molar-refractivity contribution >= 4 is 23.5 Å². The first-order valence-corrected chi connectivity index (χ1v) is 5.37. The number of benzene rings is 1. The molecule has 0 spiro atoms. The molecule has 1 unspecified atom stereocenters. The Morgan fingerprint density at radius 1 is 1.24 bits per heavy atom. The van der Waals surface area contributed by atoms with Crippen molar-refractivity contribution in [1.29, 1.82) is 0 Å². The second-order valence-electron chi connectivity index (χ2n) is 3.38. The highest BCUT2D eigenvalue weighted by Crippen LogP contribution is 2.28. The van der Waals surface area contributed by atoms with Gasteiger partial charge >= 0.3 is 11.9 Å². The van der Waals surface area contributed by atoms with Crippen molar-refractivity contribution < 1.29 is 19.1 Å². The average molecular weight is 257 g/mol. The van der Waals surface area contributed by atoms with Gasteiger partial charge in [-0.05, 0) is 11.6 Å². The van der Waals surface area contributed by atoms with Crippen LogP contribution in [0.3, 0.4) is 0 Å². The Morgan fingerprint density at radius 2 is 1.88 bits per heavy atom.